The first-order valence-electron chi connectivity index (χ1n) is 7.00. The van der Waals surface area contributed by atoms with E-state index in [-0.39, 0.29) is 17.7 Å². The predicted molar refractivity (Wildman–Crippen MR) is 91.0 cm³/mol. The van der Waals surface area contributed by atoms with Crippen molar-refractivity contribution in [3.63, 3.8) is 0 Å². The number of aromatic nitrogens is 2. The van der Waals surface area contributed by atoms with Gasteiger partial charge in [-0.25, -0.2) is 4.98 Å². The molecule has 1 aromatic heterocycles. The third-order valence-electron chi connectivity index (χ3n) is 3.26. The Balaban J connectivity index is 2.33. The minimum absolute atomic E-state index is 0.113. The third kappa shape index (κ3) is 3.69. The molecule has 7 nitrogen and oxygen atoms in total. The van der Waals surface area contributed by atoms with Gasteiger partial charge in [0.2, 0.25) is 5.95 Å². The van der Waals surface area contributed by atoms with Crippen molar-refractivity contribution in [1.82, 2.24) is 15.3 Å². The van der Waals surface area contributed by atoms with Gasteiger partial charge in [-0.15, -0.1) is 0 Å². The van der Waals surface area contributed by atoms with Gasteiger partial charge in [0.15, 0.2) is 11.6 Å². The summed E-state index contributed by atoms with van der Waals surface area (Å²) >= 11 is 3.64. The third-order valence-corrected chi connectivity index (χ3v) is 4.12. The van der Waals surface area contributed by atoms with Gasteiger partial charge in [-0.2, -0.15) is 4.98 Å². The SMILES string of the molecule is CC(C)C1=CNC(Br)(CCN)C=C1Oc1cnc(N)nc1N. The van der Waals surface area contributed by atoms with Crippen molar-refractivity contribution in [2.75, 3.05) is 18.0 Å². The average molecular weight is 369 g/mol. The van der Waals surface area contributed by atoms with Crippen LogP contribution in [0.15, 0.2) is 29.8 Å². The second kappa shape index (κ2) is 6.53. The predicted octanol–water partition coefficient (Wildman–Crippen LogP) is 1.49. The molecule has 0 bridgehead atoms. The van der Waals surface area contributed by atoms with E-state index in [9.17, 15) is 0 Å². The standard InChI is InChI=1S/C14H21BrN6O/c1-8(2)9-6-20-14(15,3-4-16)5-10(9)22-11-7-19-13(18)21-12(11)17/h5-8,20H,3-4,16H2,1-2H3,(H4,17,18,19,21). The molecule has 1 aromatic rings. The number of hydrogen-bond acceptors (Lipinski definition) is 7. The second-order valence-electron chi connectivity index (χ2n) is 5.39. The summed E-state index contributed by atoms with van der Waals surface area (Å²) < 4.78 is 5.49. The van der Waals surface area contributed by atoms with Crippen LogP contribution >= 0.6 is 15.9 Å². The van der Waals surface area contributed by atoms with Gasteiger partial charge in [0, 0.05) is 11.8 Å². The lowest BCUT2D eigenvalue weighted by Crippen LogP contribution is -2.39. The molecule has 0 spiro atoms. The second-order valence-corrected chi connectivity index (χ2v) is 6.80. The molecule has 0 saturated carbocycles. The van der Waals surface area contributed by atoms with Crippen molar-refractivity contribution in [3.8, 4) is 5.75 Å². The van der Waals surface area contributed by atoms with Gasteiger partial charge in [-0.3, -0.25) is 0 Å². The van der Waals surface area contributed by atoms with Gasteiger partial charge >= 0.3 is 0 Å². The number of hydrogen-bond donors (Lipinski definition) is 4. The van der Waals surface area contributed by atoms with Crippen LogP contribution in [0, 0.1) is 5.92 Å². The van der Waals surface area contributed by atoms with Crippen LogP contribution in [0.4, 0.5) is 11.8 Å². The molecular formula is C14H21BrN6O. The van der Waals surface area contributed by atoms with Crippen LogP contribution in [-0.4, -0.2) is 21.0 Å². The number of halogens is 1. The van der Waals surface area contributed by atoms with E-state index >= 15 is 0 Å². The highest BCUT2D eigenvalue weighted by Crippen LogP contribution is 2.34. The van der Waals surface area contributed by atoms with Crippen LogP contribution in [0.2, 0.25) is 0 Å². The van der Waals surface area contributed by atoms with Gasteiger partial charge in [0.05, 0.1) is 6.20 Å². The zero-order valence-electron chi connectivity index (χ0n) is 12.6. The van der Waals surface area contributed by atoms with Gasteiger partial charge in [0.25, 0.3) is 0 Å². The van der Waals surface area contributed by atoms with Crippen LogP contribution in [0.3, 0.4) is 0 Å². The number of nitrogens with zero attached hydrogens (tertiary/aromatic N) is 2. The number of ether oxygens (including phenoxy) is 1. The summed E-state index contributed by atoms with van der Waals surface area (Å²) in [7, 11) is 0. The molecule has 2 rings (SSSR count). The monoisotopic (exact) mass is 368 g/mol. The van der Waals surface area contributed by atoms with E-state index in [1.165, 1.54) is 6.20 Å². The molecule has 1 aliphatic heterocycles. The number of allylic oxidation sites excluding steroid dienone is 1. The van der Waals surface area contributed by atoms with Crippen LogP contribution in [0.5, 0.6) is 5.75 Å². The highest BCUT2D eigenvalue weighted by molar-refractivity contribution is 9.10. The number of nitrogen functional groups attached to an aromatic ring is 2. The maximum atomic E-state index is 5.93. The minimum Gasteiger partial charge on any atom is -0.452 e. The van der Waals surface area contributed by atoms with Gasteiger partial charge < -0.3 is 27.3 Å². The fourth-order valence-corrected chi connectivity index (χ4v) is 2.64. The maximum Gasteiger partial charge on any atom is 0.222 e. The fourth-order valence-electron chi connectivity index (χ4n) is 2.09. The van der Waals surface area contributed by atoms with E-state index in [1.807, 2.05) is 12.3 Å². The Morgan fingerprint density at radius 2 is 2.14 bits per heavy atom. The topological polar surface area (TPSA) is 125 Å². The molecule has 0 aliphatic carbocycles. The molecule has 0 aromatic carbocycles. The molecule has 0 amide bonds. The summed E-state index contributed by atoms with van der Waals surface area (Å²) in [6.07, 6.45) is 6.05. The van der Waals surface area contributed by atoms with Crippen LogP contribution in [-0.2, 0) is 0 Å². The van der Waals surface area contributed by atoms with E-state index < -0.39 is 4.45 Å². The zero-order valence-corrected chi connectivity index (χ0v) is 14.2. The van der Waals surface area contributed by atoms with Crippen LogP contribution in [0.1, 0.15) is 20.3 Å². The van der Waals surface area contributed by atoms with Crippen molar-refractivity contribution in [3.05, 3.63) is 29.8 Å². The van der Waals surface area contributed by atoms with E-state index in [2.05, 4.69) is 45.1 Å². The van der Waals surface area contributed by atoms with Crippen molar-refractivity contribution in [2.24, 2.45) is 11.7 Å². The first-order chi connectivity index (χ1) is 10.3. The molecule has 7 N–H and O–H groups in total. The highest BCUT2D eigenvalue weighted by Gasteiger charge is 2.29. The van der Waals surface area contributed by atoms with E-state index in [0.29, 0.717) is 24.5 Å². The molecule has 120 valence electrons. The van der Waals surface area contributed by atoms with Crippen molar-refractivity contribution in [1.29, 1.82) is 0 Å². The molecule has 2 heterocycles. The number of rotatable bonds is 5. The largest absolute Gasteiger partial charge is 0.452 e. The van der Waals surface area contributed by atoms with E-state index in [1.54, 1.807) is 0 Å². The summed E-state index contributed by atoms with van der Waals surface area (Å²) in [5, 5.41) is 3.30. The maximum absolute atomic E-state index is 5.93. The zero-order chi connectivity index (χ0) is 16.3. The molecule has 1 aliphatic rings. The Labute approximate surface area is 138 Å². The molecule has 0 radical (unpaired) electrons. The van der Waals surface area contributed by atoms with E-state index in [0.717, 1.165) is 5.57 Å². The molecule has 8 heteroatoms. The summed E-state index contributed by atoms with van der Waals surface area (Å²) in [4.78, 5) is 7.82. The molecular weight excluding hydrogens is 348 g/mol. The first-order valence-corrected chi connectivity index (χ1v) is 7.80. The van der Waals surface area contributed by atoms with Gasteiger partial charge in [0.1, 0.15) is 10.2 Å². The summed E-state index contributed by atoms with van der Waals surface area (Å²) in [5.41, 5.74) is 18.0. The minimum atomic E-state index is -0.446. The molecule has 22 heavy (non-hydrogen) atoms. The van der Waals surface area contributed by atoms with Gasteiger partial charge in [-0.05, 0) is 25.0 Å². The molecule has 1 unspecified atom stereocenters. The van der Waals surface area contributed by atoms with Crippen LogP contribution in [0.25, 0.3) is 0 Å². The lowest BCUT2D eigenvalue weighted by Gasteiger charge is -2.31. The van der Waals surface area contributed by atoms with Crippen molar-refractivity contribution >= 4 is 27.7 Å². The first kappa shape index (κ1) is 16.6. The highest BCUT2D eigenvalue weighted by atomic mass is 79.9. The molecule has 0 saturated heterocycles. The number of nitrogens with one attached hydrogen (secondary N) is 1. The fraction of sp³-hybridized carbons (Fsp3) is 0.429. The molecule has 0 fully saturated rings. The lowest BCUT2D eigenvalue weighted by molar-refractivity contribution is 0.403. The summed E-state index contributed by atoms with van der Waals surface area (Å²) in [6, 6.07) is 0. The molecule has 1 atom stereocenters. The van der Waals surface area contributed by atoms with E-state index in [4.69, 9.17) is 21.9 Å². The summed E-state index contributed by atoms with van der Waals surface area (Å²) in [6.45, 7) is 4.69. The number of dihydropyridines is 1. The smallest absolute Gasteiger partial charge is 0.222 e. The number of alkyl halides is 1. The van der Waals surface area contributed by atoms with Crippen molar-refractivity contribution < 1.29 is 4.74 Å². The average Bonchev–Trinajstić information content (AvgIpc) is 2.41. The Kier molecular flexibility index (Phi) is 4.92. The Bertz CT molecular complexity index is 615. The Hall–Kier alpha value is -1.80. The quantitative estimate of drug-likeness (QED) is 0.458. The van der Waals surface area contributed by atoms with Gasteiger partial charge in [-0.1, -0.05) is 29.8 Å². The normalized spacial score (nSPS) is 21.1. The number of anilines is 2. The lowest BCUT2D eigenvalue weighted by atomic mass is 9.97. The Morgan fingerprint density at radius 3 is 2.73 bits per heavy atom. The summed E-state index contributed by atoms with van der Waals surface area (Å²) in [5.74, 6) is 1.65. The van der Waals surface area contributed by atoms with Crippen molar-refractivity contribution in [2.45, 2.75) is 24.7 Å². The Morgan fingerprint density at radius 1 is 1.41 bits per heavy atom. The van der Waals surface area contributed by atoms with Crippen LogP contribution < -0.4 is 27.3 Å². The number of nitrogens with two attached hydrogens (primary N) is 3.